The van der Waals surface area contributed by atoms with Crippen molar-refractivity contribution < 1.29 is 14.3 Å². The van der Waals surface area contributed by atoms with Crippen LogP contribution in [0.4, 0.5) is 4.79 Å². The van der Waals surface area contributed by atoms with Crippen molar-refractivity contribution in [1.29, 1.82) is 0 Å². The number of rotatable bonds is 7. The molecule has 0 aromatic heterocycles. The van der Waals surface area contributed by atoms with Crippen LogP contribution in [0.5, 0.6) is 0 Å². The summed E-state index contributed by atoms with van der Waals surface area (Å²) >= 11 is 0. The second-order valence-electron chi connectivity index (χ2n) is 10.0. The molecular weight excluding hydrogens is 378 g/mol. The van der Waals surface area contributed by atoms with E-state index in [4.69, 9.17) is 4.74 Å². The van der Waals surface area contributed by atoms with Crippen molar-refractivity contribution in [2.45, 2.75) is 70.4 Å². The highest BCUT2D eigenvalue weighted by Crippen LogP contribution is 2.43. The van der Waals surface area contributed by atoms with E-state index in [2.05, 4.69) is 46.7 Å². The molecule has 2 amide bonds. The molecule has 0 radical (unpaired) electrons. The Morgan fingerprint density at radius 3 is 2.47 bits per heavy atom. The molecule has 1 aliphatic carbocycles. The monoisotopic (exact) mass is 415 g/mol. The lowest BCUT2D eigenvalue weighted by molar-refractivity contribution is -0.122. The fourth-order valence-corrected chi connectivity index (χ4v) is 4.60. The number of benzene rings is 1. The van der Waals surface area contributed by atoms with Crippen LogP contribution in [0.1, 0.15) is 58.9 Å². The highest BCUT2D eigenvalue weighted by molar-refractivity contribution is 5.78. The van der Waals surface area contributed by atoms with E-state index in [-0.39, 0.29) is 17.4 Å². The summed E-state index contributed by atoms with van der Waals surface area (Å²) in [6.07, 6.45) is 4.08. The molecule has 1 saturated heterocycles. The summed E-state index contributed by atoms with van der Waals surface area (Å²) in [5.74, 6) is 0.424. The molecular formula is C24H37N3O3. The highest BCUT2D eigenvalue weighted by Gasteiger charge is 2.39. The number of amides is 2. The van der Waals surface area contributed by atoms with Gasteiger partial charge in [0.05, 0.1) is 6.54 Å². The Balaban J connectivity index is 1.43. The zero-order valence-electron chi connectivity index (χ0n) is 18.9. The summed E-state index contributed by atoms with van der Waals surface area (Å²) in [6, 6.07) is 10.9. The van der Waals surface area contributed by atoms with E-state index in [0.29, 0.717) is 31.6 Å². The highest BCUT2D eigenvalue weighted by atomic mass is 16.6. The van der Waals surface area contributed by atoms with Gasteiger partial charge in [-0.15, -0.1) is 0 Å². The van der Waals surface area contributed by atoms with Crippen molar-refractivity contribution in [1.82, 2.24) is 15.5 Å². The smallest absolute Gasteiger partial charge is 0.407 e. The fraction of sp³-hybridized carbons (Fsp3) is 0.667. The maximum Gasteiger partial charge on any atom is 0.407 e. The van der Waals surface area contributed by atoms with Gasteiger partial charge in [-0.05, 0) is 58.4 Å². The van der Waals surface area contributed by atoms with Gasteiger partial charge in [-0.1, -0.05) is 36.8 Å². The quantitative estimate of drug-likeness (QED) is 0.715. The number of nitrogens with zero attached hydrogens (tertiary/aromatic N) is 1. The van der Waals surface area contributed by atoms with Gasteiger partial charge in [-0.25, -0.2) is 4.79 Å². The Labute approximate surface area is 180 Å². The molecule has 2 atom stereocenters. The van der Waals surface area contributed by atoms with Crippen LogP contribution in [-0.4, -0.2) is 54.7 Å². The van der Waals surface area contributed by atoms with Gasteiger partial charge in [0, 0.05) is 31.1 Å². The summed E-state index contributed by atoms with van der Waals surface area (Å²) in [5, 5.41) is 6.06. The minimum absolute atomic E-state index is 0.0878. The molecule has 6 heteroatoms. The van der Waals surface area contributed by atoms with Crippen molar-refractivity contribution in [3.05, 3.63) is 35.9 Å². The molecule has 2 aliphatic rings. The third-order valence-corrected chi connectivity index (χ3v) is 6.39. The van der Waals surface area contributed by atoms with Crippen molar-refractivity contribution in [3.8, 4) is 0 Å². The van der Waals surface area contributed by atoms with Crippen LogP contribution in [-0.2, 0) is 14.9 Å². The minimum atomic E-state index is -0.491. The number of alkyl carbamates (subject to hydrolysis) is 1. The lowest BCUT2D eigenvalue weighted by Crippen LogP contribution is -2.48. The molecule has 6 nitrogen and oxygen atoms in total. The lowest BCUT2D eigenvalue weighted by atomic mass is 9.64. The zero-order valence-corrected chi connectivity index (χ0v) is 18.9. The third-order valence-electron chi connectivity index (χ3n) is 6.39. The standard InChI is InChI=1S/C24H37N3O3/c1-18-13-19(14-25-22(29)30-23(2,3)4)15-27(18)16-21(28)26-17-24(11-8-12-24)20-9-6-5-7-10-20/h5-7,9-10,18-19H,8,11-17H2,1-4H3,(H,25,29)(H,26,28)/t18-,19-/m0/s1. The number of hydrogen-bond acceptors (Lipinski definition) is 4. The topological polar surface area (TPSA) is 70.7 Å². The second kappa shape index (κ2) is 9.38. The average molecular weight is 416 g/mol. The first-order valence-electron chi connectivity index (χ1n) is 11.2. The van der Waals surface area contributed by atoms with Crippen LogP contribution in [0, 0.1) is 5.92 Å². The summed E-state index contributed by atoms with van der Waals surface area (Å²) in [6.45, 7) is 10.2. The molecule has 2 fully saturated rings. The first-order chi connectivity index (χ1) is 14.2. The molecule has 30 heavy (non-hydrogen) atoms. The molecule has 0 unspecified atom stereocenters. The van der Waals surface area contributed by atoms with Crippen LogP contribution in [0.25, 0.3) is 0 Å². The van der Waals surface area contributed by atoms with Gasteiger partial charge >= 0.3 is 6.09 Å². The number of nitrogens with one attached hydrogen (secondary N) is 2. The molecule has 0 spiro atoms. The summed E-state index contributed by atoms with van der Waals surface area (Å²) < 4.78 is 5.30. The molecule has 2 N–H and O–H groups in total. The Morgan fingerprint density at radius 1 is 1.17 bits per heavy atom. The van der Waals surface area contributed by atoms with Crippen LogP contribution < -0.4 is 10.6 Å². The van der Waals surface area contributed by atoms with Crippen molar-refractivity contribution >= 4 is 12.0 Å². The summed E-state index contributed by atoms with van der Waals surface area (Å²) in [4.78, 5) is 26.7. The van der Waals surface area contributed by atoms with Gasteiger partial charge < -0.3 is 15.4 Å². The van der Waals surface area contributed by atoms with Crippen LogP contribution >= 0.6 is 0 Å². The van der Waals surface area contributed by atoms with Crippen LogP contribution in [0.2, 0.25) is 0 Å². The van der Waals surface area contributed by atoms with E-state index in [1.165, 1.54) is 12.0 Å². The number of carbonyl (C=O) groups excluding carboxylic acids is 2. The molecule has 1 aromatic carbocycles. The zero-order chi connectivity index (χ0) is 21.8. The number of carbonyl (C=O) groups is 2. The summed E-state index contributed by atoms with van der Waals surface area (Å²) in [5.41, 5.74) is 0.946. The largest absolute Gasteiger partial charge is 0.444 e. The van der Waals surface area contributed by atoms with Crippen molar-refractivity contribution in [2.24, 2.45) is 5.92 Å². The Kier molecular flexibility index (Phi) is 7.06. The average Bonchev–Trinajstić information content (AvgIpc) is 2.98. The molecule has 3 rings (SSSR count). The molecule has 1 heterocycles. The van der Waals surface area contributed by atoms with Crippen molar-refractivity contribution in [3.63, 3.8) is 0 Å². The molecule has 1 aromatic rings. The molecule has 1 saturated carbocycles. The van der Waals surface area contributed by atoms with Gasteiger partial charge in [0.1, 0.15) is 5.60 Å². The number of likely N-dealkylation sites (tertiary alicyclic amines) is 1. The first kappa shape index (κ1) is 22.6. The minimum Gasteiger partial charge on any atom is -0.444 e. The predicted molar refractivity (Wildman–Crippen MR) is 118 cm³/mol. The predicted octanol–water partition coefficient (Wildman–Crippen LogP) is 3.46. The Hall–Kier alpha value is -2.08. The fourth-order valence-electron chi connectivity index (χ4n) is 4.60. The van der Waals surface area contributed by atoms with E-state index in [1.807, 2.05) is 26.8 Å². The maximum absolute atomic E-state index is 12.6. The summed E-state index contributed by atoms with van der Waals surface area (Å²) in [7, 11) is 0. The molecule has 166 valence electrons. The van der Waals surface area contributed by atoms with Gasteiger partial charge in [-0.3, -0.25) is 9.69 Å². The second-order valence-corrected chi connectivity index (χ2v) is 10.0. The first-order valence-corrected chi connectivity index (χ1v) is 11.2. The van der Waals surface area contributed by atoms with E-state index in [1.54, 1.807) is 0 Å². The van der Waals surface area contributed by atoms with Crippen molar-refractivity contribution in [2.75, 3.05) is 26.2 Å². The van der Waals surface area contributed by atoms with Gasteiger partial charge in [0.25, 0.3) is 0 Å². The number of hydrogen-bond donors (Lipinski definition) is 2. The van der Waals surface area contributed by atoms with Gasteiger partial charge in [0.15, 0.2) is 0 Å². The molecule has 1 aliphatic heterocycles. The van der Waals surface area contributed by atoms with E-state index in [9.17, 15) is 9.59 Å². The van der Waals surface area contributed by atoms with Crippen LogP contribution in [0.3, 0.4) is 0 Å². The van der Waals surface area contributed by atoms with Crippen LogP contribution in [0.15, 0.2) is 30.3 Å². The normalized spacial score (nSPS) is 23.5. The number of ether oxygens (including phenoxy) is 1. The lowest BCUT2D eigenvalue weighted by Gasteiger charge is -2.42. The van der Waals surface area contributed by atoms with Gasteiger partial charge in [0.2, 0.25) is 5.91 Å². The Bertz CT molecular complexity index is 725. The van der Waals surface area contributed by atoms with E-state index in [0.717, 1.165) is 25.8 Å². The van der Waals surface area contributed by atoms with E-state index < -0.39 is 5.60 Å². The third kappa shape index (κ3) is 5.97. The Morgan fingerprint density at radius 2 is 1.87 bits per heavy atom. The van der Waals surface area contributed by atoms with E-state index >= 15 is 0 Å². The SMILES string of the molecule is C[C@H]1C[C@@H](CNC(=O)OC(C)(C)C)CN1CC(=O)NCC1(c2ccccc2)CCC1. The maximum atomic E-state index is 12.6. The van der Waals surface area contributed by atoms with Gasteiger partial charge in [-0.2, -0.15) is 0 Å². The molecule has 0 bridgehead atoms.